The minimum absolute atomic E-state index is 0.234. The number of methoxy groups -OCH3 is 1. The van der Waals surface area contributed by atoms with Crippen LogP contribution in [-0.4, -0.2) is 26.5 Å². The summed E-state index contributed by atoms with van der Waals surface area (Å²) < 4.78 is 9.70. The number of rotatable bonds is 5. The van der Waals surface area contributed by atoms with E-state index >= 15 is 0 Å². The first-order valence-corrected chi connectivity index (χ1v) is 7.38. The van der Waals surface area contributed by atoms with Gasteiger partial charge in [-0.05, 0) is 19.1 Å². The van der Waals surface area contributed by atoms with Gasteiger partial charge in [0.2, 0.25) is 7.50 Å². The van der Waals surface area contributed by atoms with Crippen molar-refractivity contribution in [3.63, 3.8) is 0 Å². The molecule has 1 N–H and O–H groups in total. The molecule has 0 radical (unpaired) electrons. The van der Waals surface area contributed by atoms with Crippen LogP contribution in [0.15, 0.2) is 30.3 Å². The molecule has 17 heavy (non-hydrogen) atoms. The number of thiol groups is 1. The summed E-state index contributed by atoms with van der Waals surface area (Å²) in [5, 5.41) is 2.92. The summed E-state index contributed by atoms with van der Waals surface area (Å²) in [6.07, 6.45) is 0.819. The fourth-order valence-corrected chi connectivity index (χ4v) is 2.42. The Morgan fingerprint density at radius 3 is 2.35 bits per heavy atom. The summed E-state index contributed by atoms with van der Waals surface area (Å²) in [5.41, 5.74) is 0. The van der Waals surface area contributed by atoms with Crippen molar-refractivity contribution in [2.45, 2.75) is 13.0 Å². The molecule has 2 atom stereocenters. The average Bonchev–Trinajstić information content (AvgIpc) is 2.31. The first-order chi connectivity index (χ1) is 8.13. The Bertz CT molecular complexity index is 300. The molecule has 0 saturated heterocycles. The molecule has 2 unspecified atom stereocenters. The van der Waals surface area contributed by atoms with Gasteiger partial charge in [-0.25, -0.2) is 5.09 Å². The molecule has 0 amide bonds. The van der Waals surface area contributed by atoms with E-state index in [1.54, 1.807) is 21.1 Å². The molecule has 1 aromatic rings. The second-order valence-corrected chi connectivity index (χ2v) is 5.22. The van der Waals surface area contributed by atoms with E-state index in [9.17, 15) is 4.79 Å². The van der Waals surface area contributed by atoms with Crippen LogP contribution < -0.4 is 9.61 Å². The molecule has 0 aliphatic heterocycles. The van der Waals surface area contributed by atoms with Crippen molar-refractivity contribution >= 4 is 26.0 Å². The molecule has 0 saturated carbocycles. The highest BCUT2D eigenvalue weighted by Crippen LogP contribution is 2.38. The van der Waals surface area contributed by atoms with E-state index in [1.807, 2.05) is 30.3 Å². The average molecular weight is 275 g/mol. The van der Waals surface area contributed by atoms with Crippen LogP contribution in [0, 0.1) is 0 Å². The summed E-state index contributed by atoms with van der Waals surface area (Å²) in [4.78, 5) is 10.4. The third kappa shape index (κ3) is 9.12. The van der Waals surface area contributed by atoms with Gasteiger partial charge in [-0.1, -0.05) is 30.4 Å². The Morgan fingerprint density at radius 1 is 1.35 bits per heavy atom. The molecule has 0 spiro atoms. The highest BCUT2D eigenvalue weighted by molar-refractivity contribution is 8.43. The normalized spacial score (nSPS) is 12.9. The molecule has 0 aliphatic carbocycles. The van der Waals surface area contributed by atoms with Crippen LogP contribution in [0.3, 0.4) is 0 Å². The van der Waals surface area contributed by atoms with Crippen molar-refractivity contribution in [1.82, 2.24) is 5.09 Å². The number of nitrogens with one attached hydrogen (secondary N) is 1. The van der Waals surface area contributed by atoms with Crippen LogP contribution >= 0.6 is 19.7 Å². The Morgan fingerprint density at radius 2 is 1.88 bits per heavy atom. The van der Waals surface area contributed by atoms with E-state index < -0.39 is 7.50 Å². The van der Waals surface area contributed by atoms with Crippen LogP contribution in [0.4, 0.5) is 0 Å². The fraction of sp³-hybridized carbons (Fsp3) is 0.364. The van der Waals surface area contributed by atoms with Crippen molar-refractivity contribution in [2.75, 3.05) is 14.2 Å². The van der Waals surface area contributed by atoms with Crippen LogP contribution in [0.2, 0.25) is 0 Å². The number of benzene rings is 1. The first kappa shape index (κ1) is 16.4. The Labute approximate surface area is 109 Å². The van der Waals surface area contributed by atoms with Crippen molar-refractivity contribution in [3.8, 4) is 5.75 Å². The van der Waals surface area contributed by atoms with Crippen molar-refractivity contribution in [3.05, 3.63) is 30.3 Å². The maximum Gasteiger partial charge on any atom is 0.222 e. The summed E-state index contributed by atoms with van der Waals surface area (Å²) >= 11 is 4.21. The second kappa shape index (κ2) is 10.5. The van der Waals surface area contributed by atoms with E-state index in [-0.39, 0.29) is 6.04 Å². The van der Waals surface area contributed by atoms with E-state index in [0.29, 0.717) is 0 Å². The molecule has 0 aromatic heterocycles. The second-order valence-electron chi connectivity index (χ2n) is 3.14. The van der Waals surface area contributed by atoms with Gasteiger partial charge in [0.15, 0.2) is 0 Å². The van der Waals surface area contributed by atoms with Gasteiger partial charge in [-0.2, -0.15) is 0 Å². The largest absolute Gasteiger partial charge is 0.449 e. The quantitative estimate of drug-likeness (QED) is 0.493. The first-order valence-electron chi connectivity index (χ1n) is 4.97. The van der Waals surface area contributed by atoms with E-state index in [4.69, 9.17) is 4.52 Å². The molecule has 1 aromatic carbocycles. The molecule has 4 nitrogen and oxygen atoms in total. The van der Waals surface area contributed by atoms with Gasteiger partial charge < -0.3 is 14.1 Å². The van der Waals surface area contributed by atoms with E-state index in [1.165, 1.54) is 0 Å². The lowest BCUT2D eigenvalue weighted by Crippen LogP contribution is -2.22. The molecule has 1 rings (SSSR count). The number of carbonyl (C=O) groups excluding carboxylic acids is 1. The summed E-state index contributed by atoms with van der Waals surface area (Å²) in [7, 11) is 2.16. The molecular weight excluding hydrogens is 257 g/mol. The van der Waals surface area contributed by atoms with E-state index in [0.717, 1.165) is 12.0 Å². The minimum Gasteiger partial charge on any atom is -0.449 e. The monoisotopic (exact) mass is 275 g/mol. The highest BCUT2D eigenvalue weighted by atomic mass is 32.7. The van der Waals surface area contributed by atoms with Gasteiger partial charge in [0.25, 0.3) is 0 Å². The minimum atomic E-state index is -1.09. The van der Waals surface area contributed by atoms with Gasteiger partial charge in [-0.3, -0.25) is 0 Å². The summed E-state index contributed by atoms with van der Waals surface area (Å²) in [6.45, 7) is 1.76. The van der Waals surface area contributed by atoms with Gasteiger partial charge in [0, 0.05) is 14.2 Å². The topological polar surface area (TPSA) is 47.6 Å². The van der Waals surface area contributed by atoms with Gasteiger partial charge >= 0.3 is 0 Å². The lowest BCUT2D eigenvalue weighted by Gasteiger charge is -2.15. The molecule has 0 fully saturated rings. The number of hydrogen-bond donors (Lipinski definition) is 2. The summed E-state index contributed by atoms with van der Waals surface area (Å²) in [6, 6.07) is 9.14. The zero-order valence-corrected chi connectivity index (χ0v) is 11.9. The van der Waals surface area contributed by atoms with E-state index in [2.05, 4.69) is 22.1 Å². The van der Waals surface area contributed by atoms with Crippen LogP contribution in [0.25, 0.3) is 0 Å². The van der Waals surface area contributed by atoms with Gasteiger partial charge in [-0.15, -0.1) is 0 Å². The SMILES string of the molecule is CC(C=O)NP(S)Oc1ccccc1.COC. The van der Waals surface area contributed by atoms with Crippen molar-refractivity contribution < 1.29 is 14.1 Å². The third-order valence-electron chi connectivity index (χ3n) is 1.45. The Hall–Kier alpha value is -0.610. The highest BCUT2D eigenvalue weighted by Gasteiger charge is 2.08. The maximum atomic E-state index is 10.4. The Balaban J connectivity index is 0.000000770. The van der Waals surface area contributed by atoms with Crippen molar-refractivity contribution in [1.29, 1.82) is 0 Å². The number of ether oxygens (including phenoxy) is 1. The van der Waals surface area contributed by atoms with Crippen LogP contribution in [0.1, 0.15) is 6.92 Å². The molecule has 0 heterocycles. The fourth-order valence-electron chi connectivity index (χ4n) is 0.812. The standard InChI is InChI=1S/C9H12NO2PS.C2H6O/c1-8(7-11)10-13(14)12-9-5-3-2-4-6-9;1-3-2/h2-8,10,14H,1H3;1-2H3. The predicted molar refractivity (Wildman–Crippen MR) is 74.6 cm³/mol. The number of para-hydroxylation sites is 1. The lowest BCUT2D eigenvalue weighted by atomic mass is 10.3. The summed E-state index contributed by atoms with van der Waals surface area (Å²) in [5.74, 6) is 0.749. The zero-order chi connectivity index (χ0) is 13.1. The molecule has 0 aliphatic rings. The molecule has 0 bridgehead atoms. The predicted octanol–water partition coefficient (Wildman–Crippen LogP) is 2.66. The maximum absolute atomic E-state index is 10.4. The number of carbonyl (C=O) groups is 1. The van der Waals surface area contributed by atoms with Crippen LogP contribution in [0.5, 0.6) is 5.75 Å². The Kier molecular flexibility index (Phi) is 10.2. The van der Waals surface area contributed by atoms with Crippen molar-refractivity contribution in [2.24, 2.45) is 0 Å². The lowest BCUT2D eigenvalue weighted by molar-refractivity contribution is -0.108. The molecule has 6 heteroatoms. The smallest absolute Gasteiger partial charge is 0.222 e. The zero-order valence-electron chi connectivity index (χ0n) is 10.2. The third-order valence-corrected chi connectivity index (χ3v) is 3.06. The molecule has 96 valence electrons. The molecular formula is C11H18NO3PS. The van der Waals surface area contributed by atoms with Gasteiger partial charge in [0.1, 0.15) is 12.0 Å². The number of aldehydes is 1. The van der Waals surface area contributed by atoms with Crippen LogP contribution in [-0.2, 0) is 9.53 Å². The number of hydrogen-bond acceptors (Lipinski definition) is 5. The van der Waals surface area contributed by atoms with Gasteiger partial charge in [0.05, 0.1) is 6.04 Å².